The summed E-state index contributed by atoms with van der Waals surface area (Å²) in [6.07, 6.45) is 0. The Bertz CT molecular complexity index is 579. The van der Waals surface area contributed by atoms with Crippen molar-refractivity contribution in [3.8, 4) is 0 Å². The van der Waals surface area contributed by atoms with Gasteiger partial charge in [0.15, 0.2) is 0 Å². The van der Waals surface area contributed by atoms with Gasteiger partial charge >= 0.3 is 0 Å². The fourth-order valence-electron chi connectivity index (χ4n) is 2.61. The van der Waals surface area contributed by atoms with Crippen LogP contribution in [0.2, 0.25) is 0 Å². The van der Waals surface area contributed by atoms with Crippen molar-refractivity contribution >= 4 is 17.3 Å². The molecule has 1 fully saturated rings. The number of amides is 1. The topological polar surface area (TPSA) is 98.3 Å². The number of carbonyl (C=O) groups excluding carboxylic acids is 1. The summed E-state index contributed by atoms with van der Waals surface area (Å²) in [6, 6.07) is 4.16. The third-order valence-corrected chi connectivity index (χ3v) is 4.79. The van der Waals surface area contributed by atoms with E-state index in [1.807, 2.05) is 0 Å². The van der Waals surface area contributed by atoms with Gasteiger partial charge in [-0.3, -0.25) is 14.9 Å². The van der Waals surface area contributed by atoms with Crippen LogP contribution in [0.3, 0.4) is 0 Å². The van der Waals surface area contributed by atoms with Crippen molar-refractivity contribution < 1.29 is 9.72 Å². The van der Waals surface area contributed by atoms with Gasteiger partial charge in [0.2, 0.25) is 0 Å². The molecule has 1 aliphatic carbocycles. The molecule has 1 aromatic carbocycles. The van der Waals surface area contributed by atoms with Crippen LogP contribution in [-0.2, 0) is 0 Å². The third-order valence-electron chi connectivity index (χ3n) is 4.79. The summed E-state index contributed by atoms with van der Waals surface area (Å²) in [5.41, 5.74) is 5.61. The number of anilines is 1. The highest BCUT2D eigenvalue weighted by molar-refractivity contribution is 5.96. The van der Waals surface area contributed by atoms with E-state index in [2.05, 4.69) is 33.0 Å². The van der Waals surface area contributed by atoms with Crippen molar-refractivity contribution in [2.45, 2.75) is 33.7 Å². The molecule has 6 nitrogen and oxygen atoms in total. The Morgan fingerprint density at radius 1 is 1.30 bits per heavy atom. The molecule has 0 heterocycles. The number of nitrogens with one attached hydrogen (secondary N) is 1. The molecule has 0 saturated heterocycles. The van der Waals surface area contributed by atoms with Crippen LogP contribution in [0, 0.1) is 20.9 Å². The highest BCUT2D eigenvalue weighted by Gasteiger charge is 2.65. The number of nitrogens with zero attached hydrogens (tertiary/aromatic N) is 1. The maximum absolute atomic E-state index is 12.2. The minimum atomic E-state index is -0.586. The maximum atomic E-state index is 12.2. The Hall–Kier alpha value is -2.11. The van der Waals surface area contributed by atoms with Gasteiger partial charge in [-0.25, -0.2) is 0 Å². The summed E-state index contributed by atoms with van der Waals surface area (Å²) in [7, 11) is 0. The first-order valence-electron chi connectivity index (χ1n) is 6.44. The third kappa shape index (κ3) is 2.01. The first kappa shape index (κ1) is 14.3. The monoisotopic (exact) mass is 277 g/mol. The van der Waals surface area contributed by atoms with Gasteiger partial charge in [-0.1, -0.05) is 27.7 Å². The van der Waals surface area contributed by atoms with Crippen molar-refractivity contribution in [2.75, 3.05) is 5.73 Å². The van der Waals surface area contributed by atoms with Crippen LogP contribution in [0.5, 0.6) is 0 Å². The molecular formula is C14H19N3O3. The highest BCUT2D eigenvalue weighted by atomic mass is 16.6. The molecule has 0 unspecified atom stereocenters. The molecule has 3 N–H and O–H groups in total. The van der Waals surface area contributed by atoms with Crippen LogP contribution in [0.1, 0.15) is 38.1 Å². The fourth-order valence-corrected chi connectivity index (χ4v) is 2.61. The second-order valence-electron chi connectivity index (χ2n) is 6.38. The average Bonchev–Trinajstić information content (AvgIpc) is 2.71. The van der Waals surface area contributed by atoms with E-state index in [9.17, 15) is 14.9 Å². The summed E-state index contributed by atoms with van der Waals surface area (Å²) in [6.45, 7) is 8.35. The number of nitro benzene ring substituents is 1. The van der Waals surface area contributed by atoms with Gasteiger partial charge in [-0.2, -0.15) is 0 Å². The van der Waals surface area contributed by atoms with Crippen LogP contribution < -0.4 is 11.1 Å². The lowest BCUT2D eigenvalue weighted by molar-refractivity contribution is -0.383. The standard InChI is InChI=1S/C14H19N3O3/c1-13(2)12(14(13,3)4)16-11(18)8-5-6-9(15)10(7-8)17(19)20/h5-7,12H,15H2,1-4H3,(H,16,18). The molecule has 2 rings (SSSR count). The van der Waals surface area contributed by atoms with Crippen molar-refractivity contribution in [3.05, 3.63) is 33.9 Å². The van der Waals surface area contributed by atoms with E-state index in [4.69, 9.17) is 5.73 Å². The van der Waals surface area contributed by atoms with Crippen LogP contribution in [0.4, 0.5) is 11.4 Å². The Labute approximate surface area is 117 Å². The number of carbonyl (C=O) groups is 1. The largest absolute Gasteiger partial charge is 0.393 e. The van der Waals surface area contributed by atoms with E-state index in [1.165, 1.54) is 18.2 Å². The van der Waals surface area contributed by atoms with E-state index in [-0.39, 0.29) is 39.7 Å². The minimum absolute atomic E-state index is 0.0163. The van der Waals surface area contributed by atoms with Crippen molar-refractivity contribution in [3.63, 3.8) is 0 Å². The molecule has 0 spiro atoms. The van der Waals surface area contributed by atoms with Gasteiger partial charge in [0.1, 0.15) is 5.69 Å². The molecule has 108 valence electrons. The molecule has 0 atom stereocenters. The average molecular weight is 277 g/mol. The highest BCUT2D eigenvalue weighted by Crippen LogP contribution is 2.62. The second-order valence-corrected chi connectivity index (χ2v) is 6.38. The van der Waals surface area contributed by atoms with E-state index in [1.54, 1.807) is 0 Å². The van der Waals surface area contributed by atoms with Gasteiger partial charge in [0.25, 0.3) is 11.6 Å². The van der Waals surface area contributed by atoms with E-state index < -0.39 is 4.92 Å². The zero-order chi connectivity index (χ0) is 15.3. The van der Waals surface area contributed by atoms with Gasteiger partial charge in [-0.15, -0.1) is 0 Å². The normalized spacial score (nSPS) is 19.4. The number of nitrogens with two attached hydrogens (primary N) is 1. The SMILES string of the molecule is CC1(C)C(NC(=O)c2ccc(N)c([N+](=O)[O-])c2)C1(C)C. The fraction of sp³-hybridized carbons (Fsp3) is 0.500. The molecule has 0 bridgehead atoms. The number of rotatable bonds is 3. The van der Waals surface area contributed by atoms with Crippen LogP contribution in [-0.4, -0.2) is 16.9 Å². The predicted octanol–water partition coefficient (Wildman–Crippen LogP) is 2.34. The summed E-state index contributed by atoms with van der Waals surface area (Å²) in [5.74, 6) is -0.309. The van der Waals surface area contributed by atoms with Gasteiger partial charge in [0, 0.05) is 17.7 Å². The van der Waals surface area contributed by atoms with Gasteiger partial charge in [0.05, 0.1) is 4.92 Å². The first-order chi connectivity index (χ1) is 9.09. The van der Waals surface area contributed by atoms with E-state index in [0.29, 0.717) is 0 Å². The smallest absolute Gasteiger partial charge is 0.292 e. The summed E-state index contributed by atoms with van der Waals surface area (Å²) in [5, 5.41) is 13.8. The Balaban J connectivity index is 2.20. The van der Waals surface area contributed by atoms with Gasteiger partial charge in [-0.05, 0) is 23.0 Å². The molecular weight excluding hydrogens is 258 g/mol. The van der Waals surface area contributed by atoms with E-state index in [0.717, 1.165) is 0 Å². The molecule has 0 radical (unpaired) electrons. The van der Waals surface area contributed by atoms with Crippen molar-refractivity contribution in [1.29, 1.82) is 0 Å². The Morgan fingerprint density at radius 3 is 2.30 bits per heavy atom. The Kier molecular flexibility index (Phi) is 3.00. The molecule has 1 aliphatic rings. The lowest BCUT2D eigenvalue weighted by atomic mass is 10.0. The summed E-state index contributed by atoms with van der Waals surface area (Å²) < 4.78 is 0. The first-order valence-corrected chi connectivity index (χ1v) is 6.44. The molecule has 0 aromatic heterocycles. The number of nitrogen functional groups attached to an aromatic ring is 1. The summed E-state index contributed by atoms with van der Waals surface area (Å²) in [4.78, 5) is 22.4. The molecule has 1 saturated carbocycles. The minimum Gasteiger partial charge on any atom is -0.393 e. The summed E-state index contributed by atoms with van der Waals surface area (Å²) >= 11 is 0. The van der Waals surface area contributed by atoms with Crippen molar-refractivity contribution in [1.82, 2.24) is 5.32 Å². The molecule has 0 aliphatic heterocycles. The van der Waals surface area contributed by atoms with Gasteiger partial charge < -0.3 is 11.1 Å². The second kappa shape index (κ2) is 4.19. The van der Waals surface area contributed by atoms with Crippen LogP contribution in [0.15, 0.2) is 18.2 Å². The predicted molar refractivity (Wildman–Crippen MR) is 76.3 cm³/mol. The number of hydrogen-bond acceptors (Lipinski definition) is 4. The van der Waals surface area contributed by atoms with Crippen molar-refractivity contribution in [2.24, 2.45) is 10.8 Å². The maximum Gasteiger partial charge on any atom is 0.292 e. The number of benzene rings is 1. The number of hydrogen-bond donors (Lipinski definition) is 2. The molecule has 20 heavy (non-hydrogen) atoms. The van der Waals surface area contributed by atoms with E-state index >= 15 is 0 Å². The number of nitro groups is 1. The zero-order valence-electron chi connectivity index (χ0n) is 12.1. The Morgan fingerprint density at radius 2 is 1.85 bits per heavy atom. The molecule has 1 aromatic rings. The van der Waals surface area contributed by atoms with Crippen LogP contribution >= 0.6 is 0 Å². The lowest BCUT2D eigenvalue weighted by Crippen LogP contribution is -2.29. The quantitative estimate of drug-likeness (QED) is 0.503. The lowest BCUT2D eigenvalue weighted by Gasteiger charge is -2.07. The molecule has 1 amide bonds. The zero-order valence-corrected chi connectivity index (χ0v) is 12.1. The molecule has 6 heteroatoms. The van der Waals surface area contributed by atoms with Crippen LogP contribution in [0.25, 0.3) is 0 Å².